The number of rotatable bonds is 4. The summed E-state index contributed by atoms with van der Waals surface area (Å²) in [5.74, 6) is 0.421. The van der Waals surface area contributed by atoms with E-state index < -0.39 is 0 Å². The van der Waals surface area contributed by atoms with Gasteiger partial charge in [0.15, 0.2) is 0 Å². The first-order chi connectivity index (χ1) is 11.5. The molecule has 24 heavy (non-hydrogen) atoms. The first kappa shape index (κ1) is 17.1. The molecule has 1 amide bonds. The van der Waals surface area contributed by atoms with E-state index in [2.05, 4.69) is 29.1 Å². The van der Waals surface area contributed by atoms with Crippen LogP contribution in [0.4, 0.5) is 5.95 Å². The minimum absolute atomic E-state index is 0.0102. The van der Waals surface area contributed by atoms with Crippen LogP contribution in [0.2, 0.25) is 0 Å². The summed E-state index contributed by atoms with van der Waals surface area (Å²) >= 11 is 0. The number of hydrogen-bond acceptors (Lipinski definition) is 5. The van der Waals surface area contributed by atoms with Gasteiger partial charge in [0.1, 0.15) is 5.69 Å². The van der Waals surface area contributed by atoms with E-state index in [1.165, 1.54) is 19.3 Å². The van der Waals surface area contributed by atoms with E-state index in [4.69, 9.17) is 10.5 Å². The van der Waals surface area contributed by atoms with Crippen LogP contribution in [0.15, 0.2) is 6.07 Å². The molecule has 2 aliphatic rings. The smallest absolute Gasteiger partial charge is 0.270 e. The Morgan fingerprint density at radius 1 is 1.38 bits per heavy atom. The summed E-state index contributed by atoms with van der Waals surface area (Å²) in [6, 6.07) is 1.80. The second-order valence-electron chi connectivity index (χ2n) is 7.63. The Hall–Kier alpha value is -1.69. The third-order valence-corrected chi connectivity index (χ3v) is 4.96. The fourth-order valence-corrected chi connectivity index (χ4v) is 3.90. The van der Waals surface area contributed by atoms with Gasteiger partial charge in [0.05, 0.1) is 18.2 Å². The van der Waals surface area contributed by atoms with Crippen molar-refractivity contribution in [2.45, 2.75) is 70.4 Å². The van der Waals surface area contributed by atoms with Crippen molar-refractivity contribution in [3.63, 3.8) is 0 Å². The molecule has 0 radical (unpaired) electrons. The van der Waals surface area contributed by atoms with Crippen LogP contribution in [-0.4, -0.2) is 34.1 Å². The van der Waals surface area contributed by atoms with Crippen molar-refractivity contribution in [2.24, 2.45) is 5.92 Å². The molecule has 6 nitrogen and oxygen atoms in total. The van der Waals surface area contributed by atoms with Crippen molar-refractivity contribution in [1.29, 1.82) is 0 Å². The molecule has 3 N–H and O–H groups in total. The lowest BCUT2D eigenvalue weighted by Gasteiger charge is -2.32. The maximum Gasteiger partial charge on any atom is 0.270 e. The lowest BCUT2D eigenvalue weighted by Crippen LogP contribution is -2.38. The van der Waals surface area contributed by atoms with Crippen molar-refractivity contribution in [2.75, 3.05) is 12.3 Å². The number of nitrogens with one attached hydrogen (secondary N) is 1. The van der Waals surface area contributed by atoms with Crippen molar-refractivity contribution in [3.8, 4) is 0 Å². The molecule has 1 unspecified atom stereocenters. The molecule has 1 spiro atoms. The summed E-state index contributed by atoms with van der Waals surface area (Å²) < 4.78 is 6.06. The zero-order valence-electron chi connectivity index (χ0n) is 14.7. The Morgan fingerprint density at radius 3 is 2.83 bits per heavy atom. The topological polar surface area (TPSA) is 90.1 Å². The Bertz CT molecular complexity index is 597. The van der Waals surface area contributed by atoms with E-state index in [-0.39, 0.29) is 23.5 Å². The molecule has 132 valence electrons. The SMILES string of the molecule is CC(C)Cc1cc(C(=O)NC2COC3(CCCCC3)C2)nc(N)n1. The second-order valence-corrected chi connectivity index (χ2v) is 7.63. The molecule has 1 atom stereocenters. The molecule has 3 rings (SSSR count). The van der Waals surface area contributed by atoms with E-state index >= 15 is 0 Å². The minimum Gasteiger partial charge on any atom is -0.373 e. The molecular weight excluding hydrogens is 304 g/mol. The number of nitrogen functional groups attached to an aromatic ring is 1. The predicted molar refractivity (Wildman–Crippen MR) is 92.6 cm³/mol. The number of anilines is 1. The lowest BCUT2D eigenvalue weighted by molar-refractivity contribution is -0.0246. The van der Waals surface area contributed by atoms with Crippen LogP contribution < -0.4 is 11.1 Å². The highest BCUT2D eigenvalue weighted by Gasteiger charge is 2.41. The summed E-state index contributed by atoms with van der Waals surface area (Å²) in [7, 11) is 0. The fourth-order valence-electron chi connectivity index (χ4n) is 3.90. The van der Waals surface area contributed by atoms with Gasteiger partial charge in [-0.3, -0.25) is 4.79 Å². The van der Waals surface area contributed by atoms with Crippen LogP contribution >= 0.6 is 0 Å². The van der Waals surface area contributed by atoms with Gasteiger partial charge in [0.25, 0.3) is 5.91 Å². The number of ether oxygens (including phenoxy) is 1. The molecule has 1 aliphatic heterocycles. The summed E-state index contributed by atoms with van der Waals surface area (Å²) in [5, 5.41) is 3.06. The number of amides is 1. The van der Waals surface area contributed by atoms with Gasteiger partial charge in [-0.05, 0) is 37.7 Å². The third-order valence-electron chi connectivity index (χ3n) is 4.96. The average Bonchev–Trinajstić information content (AvgIpc) is 2.89. The molecule has 2 heterocycles. The van der Waals surface area contributed by atoms with Crippen molar-refractivity contribution in [3.05, 3.63) is 17.5 Å². The van der Waals surface area contributed by atoms with E-state index in [9.17, 15) is 4.79 Å². The van der Waals surface area contributed by atoms with Gasteiger partial charge in [-0.25, -0.2) is 9.97 Å². The average molecular weight is 332 g/mol. The minimum atomic E-state index is -0.185. The van der Waals surface area contributed by atoms with Gasteiger partial charge in [-0.15, -0.1) is 0 Å². The van der Waals surface area contributed by atoms with Crippen molar-refractivity contribution in [1.82, 2.24) is 15.3 Å². The molecule has 0 bridgehead atoms. The standard InChI is InChI=1S/C18H28N4O2/c1-12(2)8-13-9-15(22-17(19)21-13)16(23)20-14-10-18(24-11-14)6-4-3-5-7-18/h9,12,14H,3-8,10-11H2,1-2H3,(H,20,23)(H2,19,21,22). The van der Waals surface area contributed by atoms with Crippen LogP contribution in [0.3, 0.4) is 0 Å². The van der Waals surface area contributed by atoms with Gasteiger partial charge in [0, 0.05) is 5.69 Å². The van der Waals surface area contributed by atoms with Crippen molar-refractivity contribution >= 4 is 11.9 Å². The fraction of sp³-hybridized carbons (Fsp3) is 0.722. The number of nitrogens with two attached hydrogens (primary N) is 1. The van der Waals surface area contributed by atoms with Crippen LogP contribution in [0, 0.1) is 5.92 Å². The van der Waals surface area contributed by atoms with Crippen LogP contribution in [0.25, 0.3) is 0 Å². The van der Waals surface area contributed by atoms with Gasteiger partial charge in [-0.2, -0.15) is 0 Å². The summed E-state index contributed by atoms with van der Waals surface area (Å²) in [5.41, 5.74) is 6.92. The second kappa shape index (κ2) is 7.05. The normalized spacial score (nSPS) is 22.9. The number of hydrogen-bond donors (Lipinski definition) is 2. The van der Waals surface area contributed by atoms with E-state index in [1.807, 2.05) is 0 Å². The molecule has 0 aromatic carbocycles. The lowest BCUT2D eigenvalue weighted by atomic mass is 9.82. The Kier molecular flexibility index (Phi) is 5.04. The molecular formula is C18H28N4O2. The highest BCUT2D eigenvalue weighted by Crippen LogP contribution is 2.39. The summed E-state index contributed by atoms with van der Waals surface area (Å²) in [6.07, 6.45) is 7.64. The predicted octanol–water partition coefficient (Wildman–Crippen LogP) is 2.48. The van der Waals surface area contributed by atoms with Gasteiger partial charge in [0.2, 0.25) is 5.95 Å². The van der Waals surface area contributed by atoms with E-state index in [0.29, 0.717) is 18.2 Å². The van der Waals surface area contributed by atoms with Crippen molar-refractivity contribution < 1.29 is 9.53 Å². The first-order valence-corrected chi connectivity index (χ1v) is 9.04. The quantitative estimate of drug-likeness (QED) is 0.884. The van der Waals surface area contributed by atoms with Crippen LogP contribution in [0.1, 0.15) is 68.6 Å². The zero-order valence-corrected chi connectivity index (χ0v) is 14.7. The van der Waals surface area contributed by atoms with Gasteiger partial charge >= 0.3 is 0 Å². The number of nitrogens with zero attached hydrogens (tertiary/aromatic N) is 2. The van der Waals surface area contributed by atoms with E-state index in [0.717, 1.165) is 31.4 Å². The highest BCUT2D eigenvalue weighted by atomic mass is 16.5. The van der Waals surface area contributed by atoms with Gasteiger partial charge in [-0.1, -0.05) is 33.1 Å². The Labute approximate surface area is 143 Å². The molecule has 1 aromatic rings. The van der Waals surface area contributed by atoms with E-state index in [1.54, 1.807) is 6.07 Å². The largest absolute Gasteiger partial charge is 0.373 e. The maximum atomic E-state index is 12.5. The maximum absolute atomic E-state index is 12.5. The molecule has 1 saturated heterocycles. The zero-order chi connectivity index (χ0) is 17.2. The van der Waals surface area contributed by atoms with Crippen LogP contribution in [-0.2, 0) is 11.2 Å². The number of carbonyl (C=O) groups is 1. The third kappa shape index (κ3) is 4.04. The monoisotopic (exact) mass is 332 g/mol. The molecule has 1 aliphatic carbocycles. The number of aromatic nitrogens is 2. The Morgan fingerprint density at radius 2 is 2.12 bits per heavy atom. The first-order valence-electron chi connectivity index (χ1n) is 9.04. The summed E-state index contributed by atoms with van der Waals surface area (Å²) in [4.78, 5) is 20.9. The highest BCUT2D eigenvalue weighted by molar-refractivity contribution is 5.92. The molecule has 2 fully saturated rings. The van der Waals surface area contributed by atoms with Crippen LogP contribution in [0.5, 0.6) is 0 Å². The Balaban J connectivity index is 1.64. The number of carbonyl (C=O) groups excluding carboxylic acids is 1. The summed E-state index contributed by atoms with van der Waals surface area (Å²) in [6.45, 7) is 4.81. The van der Waals surface area contributed by atoms with Gasteiger partial charge < -0.3 is 15.8 Å². The molecule has 1 aromatic heterocycles. The molecule has 1 saturated carbocycles. The molecule has 6 heteroatoms.